The van der Waals surface area contributed by atoms with Crippen molar-refractivity contribution in [1.29, 1.82) is 0 Å². The van der Waals surface area contributed by atoms with Gasteiger partial charge in [0.2, 0.25) is 5.91 Å². The van der Waals surface area contributed by atoms with Crippen LogP contribution in [0.2, 0.25) is 0 Å². The van der Waals surface area contributed by atoms with Crippen molar-refractivity contribution in [3.05, 3.63) is 88.3 Å². The number of amides is 3. The quantitative estimate of drug-likeness (QED) is 0.122. The van der Waals surface area contributed by atoms with Gasteiger partial charge in [0.05, 0.1) is 16.7 Å². The van der Waals surface area contributed by atoms with Gasteiger partial charge in [0.1, 0.15) is 0 Å². The summed E-state index contributed by atoms with van der Waals surface area (Å²) in [6.45, 7) is 1.20. The number of benzene rings is 3. The van der Waals surface area contributed by atoms with E-state index in [1.165, 1.54) is 31.2 Å². The number of imidazole rings is 1. The number of nitrogens with zero attached hydrogens (tertiary/aromatic N) is 1. The van der Waals surface area contributed by atoms with Crippen molar-refractivity contribution in [2.75, 3.05) is 16.1 Å². The Kier molecular flexibility index (Phi) is 6.91. The number of carbonyl (C=O) groups excluding carboxylic acids is 4. The van der Waals surface area contributed by atoms with Crippen molar-refractivity contribution in [2.45, 2.75) is 6.92 Å². The van der Waals surface area contributed by atoms with Crippen LogP contribution in [0.1, 0.15) is 27.6 Å². The molecule has 37 heavy (non-hydrogen) atoms. The van der Waals surface area contributed by atoms with Crippen LogP contribution in [0, 0.1) is 0 Å². The van der Waals surface area contributed by atoms with E-state index >= 15 is 0 Å². The number of aromatic nitrogens is 2. The normalized spacial score (nSPS) is 11.1. The molecule has 4 rings (SSSR count). The van der Waals surface area contributed by atoms with Crippen LogP contribution in [0.15, 0.2) is 76.6 Å². The maximum Gasteiger partial charge on any atom is 0.323 e. The summed E-state index contributed by atoms with van der Waals surface area (Å²) in [6.07, 6.45) is 0. The fraction of sp³-hybridized carbons (Fsp3) is 0.0400. The second-order valence-electron chi connectivity index (χ2n) is 7.90. The number of hydrazone groups is 1. The molecule has 0 fully saturated rings. The van der Waals surface area contributed by atoms with Crippen LogP contribution in [0.3, 0.4) is 0 Å². The minimum absolute atomic E-state index is 0.325. The first-order valence-corrected chi connectivity index (χ1v) is 10.9. The van der Waals surface area contributed by atoms with Gasteiger partial charge < -0.3 is 26.3 Å². The second-order valence-corrected chi connectivity index (χ2v) is 7.90. The smallest absolute Gasteiger partial charge is 0.323 e. The largest absolute Gasteiger partial charge is 0.366 e. The molecule has 186 valence electrons. The number of carbonyl (C=O) groups is 4. The Morgan fingerprint density at radius 2 is 1.35 bits per heavy atom. The number of nitrogens with two attached hydrogens (primary N) is 1. The zero-order chi connectivity index (χ0) is 26.5. The second kappa shape index (κ2) is 10.4. The molecule has 0 bridgehead atoms. The summed E-state index contributed by atoms with van der Waals surface area (Å²) in [4.78, 5) is 64.9. The molecule has 0 aliphatic heterocycles. The maximum atomic E-state index is 12.6. The molecule has 12 nitrogen and oxygen atoms in total. The minimum Gasteiger partial charge on any atom is -0.366 e. The zero-order valence-electron chi connectivity index (χ0n) is 19.4. The zero-order valence-corrected chi connectivity index (χ0v) is 19.4. The summed E-state index contributed by atoms with van der Waals surface area (Å²) < 4.78 is 0. The fourth-order valence-corrected chi connectivity index (χ4v) is 3.33. The van der Waals surface area contributed by atoms with Crippen LogP contribution in [-0.2, 0) is 9.59 Å². The van der Waals surface area contributed by atoms with Crippen molar-refractivity contribution >= 4 is 57.3 Å². The summed E-state index contributed by atoms with van der Waals surface area (Å²) in [6, 6.07) is 17.0. The summed E-state index contributed by atoms with van der Waals surface area (Å²) >= 11 is 0. The number of fused-ring (bicyclic) bond motifs is 1. The van der Waals surface area contributed by atoms with E-state index in [2.05, 4.69) is 31.1 Å². The Bertz CT molecular complexity index is 1600. The summed E-state index contributed by atoms with van der Waals surface area (Å²) in [5.74, 6) is -2.26. The van der Waals surface area contributed by atoms with E-state index in [1.807, 2.05) is 0 Å². The first kappa shape index (κ1) is 24.6. The highest BCUT2D eigenvalue weighted by atomic mass is 16.2. The SMILES string of the molecule is CC(=O)/C(=N\Nc1ccc(C(=O)Nc2ccc(C(N)=O)cc2)cc1)C(=O)Nc1ccc2[nH]c(=O)[nH]c2c1. The molecule has 1 heterocycles. The molecule has 0 aliphatic rings. The third-order valence-electron chi connectivity index (χ3n) is 5.19. The number of Topliss-reactive ketones (excluding diaryl/α,β-unsaturated/α-hetero) is 1. The summed E-state index contributed by atoms with van der Waals surface area (Å²) in [7, 11) is 0. The molecule has 0 saturated heterocycles. The molecule has 1 aromatic heterocycles. The molecule has 0 unspecified atom stereocenters. The highest BCUT2D eigenvalue weighted by Gasteiger charge is 2.18. The van der Waals surface area contributed by atoms with E-state index in [4.69, 9.17) is 5.73 Å². The van der Waals surface area contributed by atoms with E-state index in [1.54, 1.807) is 42.5 Å². The van der Waals surface area contributed by atoms with Crippen molar-refractivity contribution < 1.29 is 19.2 Å². The molecule has 3 amide bonds. The van der Waals surface area contributed by atoms with Gasteiger partial charge in [0.15, 0.2) is 11.5 Å². The minimum atomic E-state index is -0.740. The number of nitrogens with one attached hydrogen (secondary N) is 5. The molecule has 12 heteroatoms. The van der Waals surface area contributed by atoms with E-state index < -0.39 is 17.6 Å². The van der Waals surface area contributed by atoms with Crippen LogP contribution in [0.4, 0.5) is 17.1 Å². The predicted molar refractivity (Wildman–Crippen MR) is 139 cm³/mol. The molecule has 0 aliphatic carbocycles. The number of ketones is 1. The number of rotatable bonds is 8. The van der Waals surface area contributed by atoms with Gasteiger partial charge >= 0.3 is 5.69 Å². The summed E-state index contributed by atoms with van der Waals surface area (Å²) in [5.41, 5.74) is 10.1. The van der Waals surface area contributed by atoms with E-state index in [0.717, 1.165) is 0 Å². The maximum absolute atomic E-state index is 12.6. The average Bonchev–Trinajstić information content (AvgIpc) is 3.24. The number of anilines is 3. The van der Waals surface area contributed by atoms with E-state index in [-0.39, 0.29) is 17.3 Å². The molecular weight excluding hydrogens is 478 g/mol. The Labute approximate surface area is 209 Å². The number of aromatic amines is 2. The fourth-order valence-electron chi connectivity index (χ4n) is 3.33. The number of hydrogen-bond acceptors (Lipinski definition) is 7. The topological polar surface area (TPSA) is 191 Å². The number of primary amides is 1. The monoisotopic (exact) mass is 499 g/mol. The number of hydrogen-bond donors (Lipinski definition) is 6. The van der Waals surface area contributed by atoms with Gasteiger partial charge in [-0.1, -0.05) is 0 Å². The molecule has 0 spiro atoms. The Morgan fingerprint density at radius 3 is 2.00 bits per heavy atom. The van der Waals surface area contributed by atoms with Crippen molar-refractivity contribution in [3.8, 4) is 0 Å². The molecule has 4 aromatic rings. The lowest BCUT2D eigenvalue weighted by atomic mass is 10.1. The highest BCUT2D eigenvalue weighted by molar-refractivity contribution is 6.67. The van der Waals surface area contributed by atoms with Crippen LogP contribution in [-0.4, -0.2) is 39.2 Å². The predicted octanol–water partition coefficient (Wildman–Crippen LogP) is 2.20. The van der Waals surface area contributed by atoms with Crippen LogP contribution in [0.5, 0.6) is 0 Å². The third-order valence-corrected chi connectivity index (χ3v) is 5.19. The van der Waals surface area contributed by atoms with Gasteiger partial charge in [-0.05, 0) is 66.7 Å². The lowest BCUT2D eigenvalue weighted by Gasteiger charge is -2.08. The molecule has 0 saturated carbocycles. The van der Waals surface area contributed by atoms with Crippen LogP contribution in [0.25, 0.3) is 11.0 Å². The first-order chi connectivity index (χ1) is 17.7. The van der Waals surface area contributed by atoms with Gasteiger partial charge in [-0.25, -0.2) is 4.79 Å². The van der Waals surface area contributed by atoms with Gasteiger partial charge in [0, 0.05) is 29.4 Å². The molecule has 7 N–H and O–H groups in total. The van der Waals surface area contributed by atoms with Gasteiger partial charge in [-0.15, -0.1) is 0 Å². The van der Waals surface area contributed by atoms with Crippen LogP contribution >= 0.6 is 0 Å². The van der Waals surface area contributed by atoms with Crippen molar-refractivity contribution in [3.63, 3.8) is 0 Å². The molecule has 3 aromatic carbocycles. The molecule has 0 atom stereocenters. The van der Waals surface area contributed by atoms with E-state index in [9.17, 15) is 24.0 Å². The van der Waals surface area contributed by atoms with Gasteiger partial charge in [-0.3, -0.25) is 24.6 Å². The van der Waals surface area contributed by atoms with Crippen LogP contribution < -0.4 is 27.5 Å². The van der Waals surface area contributed by atoms with Crippen molar-refractivity contribution in [1.82, 2.24) is 9.97 Å². The average molecular weight is 499 g/mol. The molecule has 0 radical (unpaired) electrons. The summed E-state index contributed by atoms with van der Waals surface area (Å²) in [5, 5.41) is 9.20. The highest BCUT2D eigenvalue weighted by Crippen LogP contribution is 2.16. The molecular formula is C25H21N7O5. The Hall–Kier alpha value is -5.52. The number of H-pyrrole nitrogens is 2. The first-order valence-electron chi connectivity index (χ1n) is 10.9. The standard InChI is InChI=1S/C25H21N7O5/c1-13(33)21(24(36)28-18-10-11-19-20(12-18)30-25(37)29-19)32-31-17-8-4-15(5-9-17)23(35)27-16-6-2-14(3-7-16)22(26)34/h2-12,31H,1H3,(H2,26,34)(H,27,35)(H,28,36)(H2,29,30,37)/b32-21+. The lowest BCUT2D eigenvalue weighted by Crippen LogP contribution is -2.29. The Morgan fingerprint density at radius 1 is 0.757 bits per heavy atom. The third kappa shape index (κ3) is 5.95. The van der Waals surface area contributed by atoms with E-state index in [0.29, 0.717) is 39.2 Å². The lowest BCUT2D eigenvalue weighted by molar-refractivity contribution is -0.114. The van der Waals surface area contributed by atoms with Gasteiger partial charge in [0.25, 0.3) is 11.8 Å². The van der Waals surface area contributed by atoms with Crippen molar-refractivity contribution in [2.24, 2.45) is 10.8 Å². The van der Waals surface area contributed by atoms with Gasteiger partial charge in [-0.2, -0.15) is 5.10 Å². The Balaban J connectivity index is 1.40.